The van der Waals surface area contributed by atoms with E-state index in [4.69, 9.17) is 4.74 Å². The van der Waals surface area contributed by atoms with E-state index < -0.39 is 27.4 Å². The summed E-state index contributed by atoms with van der Waals surface area (Å²) in [5, 5.41) is 9.19. The third-order valence-electron chi connectivity index (χ3n) is 8.93. The van der Waals surface area contributed by atoms with Gasteiger partial charge in [-0.2, -0.15) is 0 Å². The number of thioether (sulfide) groups is 1. The van der Waals surface area contributed by atoms with Crippen LogP contribution in [0.3, 0.4) is 0 Å². The lowest BCUT2D eigenvalue weighted by Crippen LogP contribution is -2.55. The number of unbranched alkanes of at least 4 members (excludes halogenated alkanes) is 3. The summed E-state index contributed by atoms with van der Waals surface area (Å²) in [5.74, 6) is -1.75. The van der Waals surface area contributed by atoms with Crippen molar-refractivity contribution in [3.63, 3.8) is 0 Å². The predicted molar refractivity (Wildman–Crippen MR) is 160 cm³/mol. The normalized spacial score (nSPS) is 28.4. The van der Waals surface area contributed by atoms with Gasteiger partial charge in [0.2, 0.25) is 5.91 Å². The lowest BCUT2D eigenvalue weighted by Gasteiger charge is -2.38. The van der Waals surface area contributed by atoms with E-state index in [1.54, 1.807) is 33.7 Å². The van der Waals surface area contributed by atoms with Crippen molar-refractivity contribution in [2.75, 3.05) is 31.2 Å². The van der Waals surface area contributed by atoms with Gasteiger partial charge in [-0.15, -0.1) is 24.9 Å². The number of carbonyl (C=O) groups is 3. The number of hydrogen-bond acceptors (Lipinski definition) is 6. The molecule has 0 aliphatic carbocycles. The average Bonchev–Trinajstić information content (AvgIpc) is 3.48. The number of benzene rings is 1. The van der Waals surface area contributed by atoms with E-state index >= 15 is 0 Å². The molecule has 7 nitrogen and oxygen atoms in total. The Balaban J connectivity index is 1.74. The number of ether oxygens (including phenoxy) is 1. The number of fused-ring (bicyclic) bond motifs is 1. The zero-order valence-electron chi connectivity index (χ0n) is 24.2. The quantitative estimate of drug-likeness (QED) is 0.194. The molecule has 1 aromatic rings. The van der Waals surface area contributed by atoms with Crippen LogP contribution in [-0.4, -0.2) is 69.6 Å². The van der Waals surface area contributed by atoms with Crippen LogP contribution < -0.4 is 4.90 Å². The van der Waals surface area contributed by atoms with Gasteiger partial charge < -0.3 is 19.6 Å². The number of aryl methyl sites for hydroxylation is 2. The second kappa shape index (κ2) is 12.5. The largest absolute Gasteiger partial charge is 0.465 e. The number of amides is 2. The fourth-order valence-corrected chi connectivity index (χ4v) is 9.52. The molecule has 8 heteroatoms. The number of carbonyl (C=O) groups excluding carboxylic acids is 3. The van der Waals surface area contributed by atoms with Gasteiger partial charge in [0.05, 0.1) is 23.2 Å². The first kappa shape index (κ1) is 30.4. The molecule has 5 atom stereocenters. The average molecular weight is 569 g/mol. The zero-order chi connectivity index (χ0) is 29.1. The van der Waals surface area contributed by atoms with E-state index in [9.17, 15) is 19.5 Å². The number of esters is 1. The summed E-state index contributed by atoms with van der Waals surface area (Å²) in [6.07, 6.45) is 8.62. The van der Waals surface area contributed by atoms with Crippen LogP contribution in [0.15, 0.2) is 43.5 Å². The molecular formula is C32H44N2O5S. The highest BCUT2D eigenvalue weighted by atomic mass is 32.2. The van der Waals surface area contributed by atoms with Gasteiger partial charge in [0.25, 0.3) is 5.91 Å². The van der Waals surface area contributed by atoms with Crippen LogP contribution in [-0.2, 0) is 19.1 Å². The van der Waals surface area contributed by atoms with Crippen LogP contribution in [0.4, 0.5) is 5.69 Å². The van der Waals surface area contributed by atoms with Crippen molar-refractivity contribution in [3.05, 3.63) is 54.6 Å². The van der Waals surface area contributed by atoms with Crippen molar-refractivity contribution in [2.24, 2.45) is 11.8 Å². The third-order valence-corrected chi connectivity index (χ3v) is 10.9. The molecule has 0 radical (unpaired) electrons. The van der Waals surface area contributed by atoms with Crippen LogP contribution in [0.2, 0.25) is 0 Å². The minimum absolute atomic E-state index is 0.109. The number of aliphatic hydroxyl groups is 1. The topological polar surface area (TPSA) is 87.1 Å². The van der Waals surface area contributed by atoms with Crippen molar-refractivity contribution in [1.82, 2.24) is 4.90 Å². The molecule has 3 saturated heterocycles. The fraction of sp³-hybridized carbons (Fsp3) is 0.594. The molecule has 40 heavy (non-hydrogen) atoms. The van der Waals surface area contributed by atoms with Gasteiger partial charge in [0.1, 0.15) is 6.04 Å². The molecular weight excluding hydrogens is 524 g/mol. The fourth-order valence-electron chi connectivity index (χ4n) is 7.18. The molecule has 0 saturated carbocycles. The Hall–Kier alpha value is -2.58. The first-order chi connectivity index (χ1) is 19.2. The maximum absolute atomic E-state index is 14.8. The molecule has 2 amide bonds. The highest BCUT2D eigenvalue weighted by Crippen LogP contribution is 2.71. The maximum atomic E-state index is 14.8. The summed E-state index contributed by atoms with van der Waals surface area (Å²) in [4.78, 5) is 46.1. The van der Waals surface area contributed by atoms with Gasteiger partial charge in [0, 0.05) is 30.1 Å². The first-order valence-corrected chi connectivity index (χ1v) is 15.4. The smallest absolute Gasteiger partial charge is 0.311 e. The Labute approximate surface area is 243 Å². The summed E-state index contributed by atoms with van der Waals surface area (Å²) >= 11 is 1.67. The molecule has 1 spiro atoms. The van der Waals surface area contributed by atoms with Gasteiger partial charge in [-0.05, 0) is 64.0 Å². The lowest BCUT2D eigenvalue weighted by molar-refractivity contribution is -0.155. The Morgan fingerprint density at radius 2 is 1.85 bits per heavy atom. The van der Waals surface area contributed by atoms with E-state index in [0.717, 1.165) is 48.9 Å². The second-order valence-corrected chi connectivity index (χ2v) is 13.5. The minimum Gasteiger partial charge on any atom is -0.465 e. The molecule has 2 unspecified atom stereocenters. The third kappa shape index (κ3) is 5.25. The molecule has 3 aliphatic heterocycles. The lowest BCUT2D eigenvalue weighted by atomic mass is 9.66. The van der Waals surface area contributed by atoms with Crippen LogP contribution in [0.5, 0.6) is 0 Å². The molecule has 3 fully saturated rings. The summed E-state index contributed by atoms with van der Waals surface area (Å²) in [6, 6.07) is 5.30. The Kier molecular flexibility index (Phi) is 9.51. The monoisotopic (exact) mass is 568 g/mol. The summed E-state index contributed by atoms with van der Waals surface area (Å²) < 4.78 is 4.51. The molecule has 4 rings (SSSR count). The van der Waals surface area contributed by atoms with Gasteiger partial charge in [-0.1, -0.05) is 43.2 Å². The van der Waals surface area contributed by atoms with E-state index in [1.165, 1.54) is 0 Å². The Morgan fingerprint density at radius 1 is 1.15 bits per heavy atom. The Bertz CT molecular complexity index is 1130. The number of para-hydroxylation sites is 1. The van der Waals surface area contributed by atoms with Gasteiger partial charge >= 0.3 is 5.97 Å². The van der Waals surface area contributed by atoms with Crippen LogP contribution in [0.25, 0.3) is 0 Å². The molecule has 218 valence electrons. The van der Waals surface area contributed by atoms with Crippen molar-refractivity contribution in [3.8, 4) is 0 Å². The first-order valence-electron chi connectivity index (χ1n) is 14.5. The van der Waals surface area contributed by atoms with Crippen molar-refractivity contribution in [1.29, 1.82) is 0 Å². The van der Waals surface area contributed by atoms with Crippen molar-refractivity contribution < 1.29 is 24.2 Å². The summed E-state index contributed by atoms with van der Waals surface area (Å²) in [5.41, 5.74) is 2.83. The molecule has 1 N–H and O–H groups in total. The van der Waals surface area contributed by atoms with Gasteiger partial charge in [-0.25, -0.2) is 0 Å². The van der Waals surface area contributed by atoms with Crippen LogP contribution in [0.1, 0.15) is 63.0 Å². The molecule has 3 aliphatic rings. The minimum atomic E-state index is -0.688. The summed E-state index contributed by atoms with van der Waals surface area (Å²) in [7, 11) is 0. The number of hydrogen-bond donors (Lipinski definition) is 1. The van der Waals surface area contributed by atoms with Crippen molar-refractivity contribution in [2.45, 2.75) is 81.3 Å². The van der Waals surface area contributed by atoms with Crippen molar-refractivity contribution >= 4 is 35.2 Å². The second-order valence-electron chi connectivity index (χ2n) is 11.6. The number of likely N-dealkylation sites (tertiary alicyclic amines) is 1. The van der Waals surface area contributed by atoms with E-state index in [0.29, 0.717) is 25.9 Å². The molecule has 1 aromatic carbocycles. The SMILES string of the molecule is C=CCCOC(=O)[C@H]1[C@H]2C(=O)N(CCCCCCO)C(C(=O)N(CC=C)c3c(C)cccc3C)C23CC[C@]1(C)S3. The zero-order valence-corrected chi connectivity index (χ0v) is 25.0. The van der Waals surface area contributed by atoms with Gasteiger partial charge in [-0.3, -0.25) is 14.4 Å². The number of anilines is 1. The molecule has 0 aromatic heterocycles. The Morgan fingerprint density at radius 3 is 2.50 bits per heavy atom. The van der Waals surface area contributed by atoms with E-state index in [1.807, 2.05) is 32.0 Å². The van der Waals surface area contributed by atoms with E-state index in [2.05, 4.69) is 20.1 Å². The highest BCUT2D eigenvalue weighted by molar-refractivity contribution is 8.02. The maximum Gasteiger partial charge on any atom is 0.311 e. The van der Waals surface area contributed by atoms with E-state index in [-0.39, 0.29) is 31.0 Å². The standard InChI is InChI=1S/C32H44N2O5S/c1-6-8-21-39-30(38)25-24-28(36)34(19-11-9-10-12-20-35)27(32(24)17-16-31(25,5)40-32)29(37)33(18-7-2)26-22(3)14-13-15-23(26)4/h6-7,13-15,24-25,27,35H,1-2,8-12,16-21H2,3-5H3/t24-,25+,27?,31-,32?/m0/s1. The van der Waals surface area contributed by atoms with Gasteiger partial charge in [0.15, 0.2) is 0 Å². The summed E-state index contributed by atoms with van der Waals surface area (Å²) in [6.45, 7) is 14.9. The molecule has 3 heterocycles. The number of rotatable bonds is 14. The predicted octanol–water partition coefficient (Wildman–Crippen LogP) is 4.98. The number of aliphatic hydroxyl groups excluding tert-OH is 1. The highest BCUT2D eigenvalue weighted by Gasteiger charge is 2.77. The molecule has 2 bridgehead atoms. The van der Waals surface area contributed by atoms with Crippen LogP contribution >= 0.6 is 11.8 Å². The number of nitrogens with zero attached hydrogens (tertiary/aromatic N) is 2. The van der Waals surface area contributed by atoms with Crippen LogP contribution in [0, 0.1) is 25.7 Å².